The Morgan fingerprint density at radius 1 is 1.06 bits per heavy atom. The summed E-state index contributed by atoms with van der Waals surface area (Å²) in [4.78, 5) is 34.5. The third kappa shape index (κ3) is 4.78. The van der Waals surface area contributed by atoms with Gasteiger partial charge in [-0.05, 0) is 42.3 Å². The molecule has 4 N–H and O–H groups in total. The van der Waals surface area contributed by atoms with Gasteiger partial charge < -0.3 is 15.4 Å². The van der Waals surface area contributed by atoms with Gasteiger partial charge in [0, 0.05) is 30.8 Å². The predicted octanol–water partition coefficient (Wildman–Crippen LogP) is 2.77. The molecule has 0 bridgehead atoms. The molecule has 0 radical (unpaired) electrons. The topological polar surface area (TPSA) is 138 Å². The van der Waals surface area contributed by atoms with Crippen LogP contribution in [0, 0.1) is 5.41 Å². The highest BCUT2D eigenvalue weighted by molar-refractivity contribution is 6.09. The quantitative estimate of drug-likeness (QED) is 0.275. The second-order valence-electron chi connectivity index (χ2n) is 7.87. The Balaban J connectivity index is 1.57. The molecule has 2 aromatic carbocycles. The molecule has 0 aliphatic carbocycles. The van der Waals surface area contributed by atoms with Gasteiger partial charge in [0.2, 0.25) is 0 Å². The Labute approximate surface area is 196 Å². The van der Waals surface area contributed by atoms with E-state index < -0.39 is 18.4 Å². The van der Waals surface area contributed by atoms with Gasteiger partial charge in [0.05, 0.1) is 11.0 Å². The zero-order valence-corrected chi connectivity index (χ0v) is 18.6. The number of nitrogens with one attached hydrogen (secondary N) is 1. The Hall–Kier alpha value is -4.53. The SMILES string of the molecule is Cn1c(CCc2ccc(C(=N)N)cc2)nc2cc(C(=O)N(CC(=O)O)c3ccccn3)ccc21. The van der Waals surface area contributed by atoms with E-state index in [0.717, 1.165) is 28.2 Å². The summed E-state index contributed by atoms with van der Waals surface area (Å²) >= 11 is 0. The van der Waals surface area contributed by atoms with Crippen molar-refractivity contribution in [3.05, 3.63) is 89.4 Å². The molecule has 2 heterocycles. The molecule has 0 fully saturated rings. The number of anilines is 1. The average Bonchev–Trinajstić information content (AvgIpc) is 3.16. The molecule has 4 rings (SSSR count). The highest BCUT2D eigenvalue weighted by atomic mass is 16.4. The second-order valence-corrected chi connectivity index (χ2v) is 7.87. The molecule has 0 saturated heterocycles. The Morgan fingerprint density at radius 2 is 1.79 bits per heavy atom. The van der Waals surface area contributed by atoms with Gasteiger partial charge in [-0.25, -0.2) is 9.97 Å². The zero-order chi connectivity index (χ0) is 24.2. The number of carbonyl (C=O) groups excluding carboxylic acids is 1. The number of nitrogen functional groups attached to an aromatic ring is 1. The number of nitrogens with zero attached hydrogens (tertiary/aromatic N) is 4. The second kappa shape index (κ2) is 9.53. The van der Waals surface area contributed by atoms with Crippen LogP contribution in [-0.2, 0) is 24.7 Å². The van der Waals surface area contributed by atoms with Crippen molar-refractivity contribution in [1.82, 2.24) is 14.5 Å². The number of carboxylic acid groups (broad SMARTS) is 1. The number of aryl methyl sites for hydroxylation is 3. The number of hydrogen-bond acceptors (Lipinski definition) is 5. The van der Waals surface area contributed by atoms with Crippen LogP contribution in [0.5, 0.6) is 0 Å². The van der Waals surface area contributed by atoms with Gasteiger partial charge in [0.1, 0.15) is 24.0 Å². The molecule has 0 atom stereocenters. The third-order valence-corrected chi connectivity index (χ3v) is 5.59. The summed E-state index contributed by atoms with van der Waals surface area (Å²) < 4.78 is 1.99. The van der Waals surface area contributed by atoms with E-state index in [1.807, 2.05) is 41.9 Å². The maximum atomic E-state index is 13.2. The van der Waals surface area contributed by atoms with E-state index in [0.29, 0.717) is 23.1 Å². The number of fused-ring (bicyclic) bond motifs is 1. The number of amidine groups is 1. The number of aliphatic carboxylic acids is 1. The van der Waals surface area contributed by atoms with E-state index in [2.05, 4.69) is 4.98 Å². The lowest BCUT2D eigenvalue weighted by Gasteiger charge is -2.19. The third-order valence-electron chi connectivity index (χ3n) is 5.59. The van der Waals surface area contributed by atoms with E-state index in [4.69, 9.17) is 16.1 Å². The van der Waals surface area contributed by atoms with Gasteiger partial charge in [-0.1, -0.05) is 30.3 Å². The maximum absolute atomic E-state index is 13.2. The van der Waals surface area contributed by atoms with Crippen LogP contribution < -0.4 is 10.6 Å². The first-order valence-electron chi connectivity index (χ1n) is 10.7. The van der Waals surface area contributed by atoms with Crippen molar-refractivity contribution in [3.8, 4) is 0 Å². The molecule has 172 valence electrons. The van der Waals surface area contributed by atoms with E-state index in [9.17, 15) is 14.7 Å². The standard InChI is InChI=1S/C25H24N6O3/c1-30-20-11-10-18(25(34)31(15-23(32)33)21-4-2-3-13-28-21)14-19(20)29-22(30)12-7-16-5-8-17(9-6-16)24(26)27/h2-6,8-11,13-14H,7,12,15H2,1H3,(H3,26,27)(H,32,33). The van der Waals surface area contributed by atoms with Crippen molar-refractivity contribution in [2.45, 2.75) is 12.8 Å². The van der Waals surface area contributed by atoms with E-state index in [-0.39, 0.29) is 11.7 Å². The highest BCUT2D eigenvalue weighted by Crippen LogP contribution is 2.21. The number of carbonyl (C=O) groups is 2. The summed E-state index contributed by atoms with van der Waals surface area (Å²) in [5.74, 6) is -0.413. The molecule has 9 heteroatoms. The number of rotatable bonds is 8. The minimum absolute atomic E-state index is 0.0391. The highest BCUT2D eigenvalue weighted by Gasteiger charge is 2.22. The van der Waals surface area contributed by atoms with Crippen LogP contribution in [0.1, 0.15) is 27.3 Å². The molecule has 2 aromatic heterocycles. The first-order chi connectivity index (χ1) is 16.3. The van der Waals surface area contributed by atoms with E-state index in [1.165, 1.54) is 6.20 Å². The van der Waals surface area contributed by atoms with Crippen LogP contribution in [0.2, 0.25) is 0 Å². The number of pyridine rings is 1. The van der Waals surface area contributed by atoms with E-state index in [1.54, 1.807) is 30.3 Å². The summed E-state index contributed by atoms with van der Waals surface area (Å²) in [6, 6.07) is 17.7. The van der Waals surface area contributed by atoms with Gasteiger partial charge in [-0.15, -0.1) is 0 Å². The van der Waals surface area contributed by atoms with Gasteiger partial charge in [-0.3, -0.25) is 19.9 Å². The first-order valence-corrected chi connectivity index (χ1v) is 10.7. The average molecular weight is 457 g/mol. The van der Waals surface area contributed by atoms with Crippen molar-refractivity contribution < 1.29 is 14.7 Å². The molecular formula is C25H24N6O3. The number of nitrogens with two attached hydrogens (primary N) is 1. The smallest absolute Gasteiger partial charge is 0.323 e. The molecule has 0 aliphatic heterocycles. The number of amides is 1. The fourth-order valence-electron chi connectivity index (χ4n) is 3.77. The number of aromatic nitrogens is 3. The van der Waals surface area contributed by atoms with Crippen LogP contribution in [-0.4, -0.2) is 43.9 Å². The molecule has 0 spiro atoms. The van der Waals surface area contributed by atoms with Crippen molar-refractivity contribution >= 4 is 34.6 Å². The number of hydrogen-bond donors (Lipinski definition) is 3. The molecular weight excluding hydrogens is 432 g/mol. The Bertz CT molecular complexity index is 1360. The maximum Gasteiger partial charge on any atom is 0.323 e. The number of imidazole rings is 1. The van der Waals surface area contributed by atoms with Crippen molar-refractivity contribution in [3.63, 3.8) is 0 Å². The van der Waals surface area contributed by atoms with Crippen LogP contribution >= 0.6 is 0 Å². The predicted molar refractivity (Wildman–Crippen MR) is 129 cm³/mol. The molecule has 0 saturated carbocycles. The molecule has 9 nitrogen and oxygen atoms in total. The fourth-order valence-corrected chi connectivity index (χ4v) is 3.77. The molecule has 0 aliphatic rings. The summed E-state index contributed by atoms with van der Waals surface area (Å²) in [6.45, 7) is -0.496. The van der Waals surface area contributed by atoms with E-state index >= 15 is 0 Å². The monoisotopic (exact) mass is 456 g/mol. The molecule has 0 unspecified atom stereocenters. The fraction of sp³-hybridized carbons (Fsp3) is 0.160. The largest absolute Gasteiger partial charge is 0.480 e. The normalized spacial score (nSPS) is 10.9. The lowest BCUT2D eigenvalue weighted by atomic mass is 10.1. The van der Waals surface area contributed by atoms with Crippen molar-refractivity contribution in [1.29, 1.82) is 5.41 Å². The Morgan fingerprint density at radius 3 is 2.44 bits per heavy atom. The van der Waals surface area contributed by atoms with Gasteiger partial charge in [-0.2, -0.15) is 0 Å². The van der Waals surface area contributed by atoms with Crippen molar-refractivity contribution in [2.75, 3.05) is 11.4 Å². The van der Waals surface area contributed by atoms with Crippen LogP contribution in [0.4, 0.5) is 5.82 Å². The van der Waals surface area contributed by atoms with Crippen LogP contribution in [0.15, 0.2) is 66.9 Å². The van der Waals surface area contributed by atoms with Gasteiger partial charge in [0.15, 0.2) is 0 Å². The zero-order valence-electron chi connectivity index (χ0n) is 18.6. The molecule has 4 aromatic rings. The minimum Gasteiger partial charge on any atom is -0.480 e. The summed E-state index contributed by atoms with van der Waals surface area (Å²) in [7, 11) is 1.93. The summed E-state index contributed by atoms with van der Waals surface area (Å²) in [6.07, 6.45) is 2.96. The van der Waals surface area contributed by atoms with Crippen molar-refractivity contribution in [2.24, 2.45) is 12.8 Å². The minimum atomic E-state index is -1.13. The lowest BCUT2D eigenvalue weighted by Crippen LogP contribution is -2.36. The summed E-state index contributed by atoms with van der Waals surface area (Å²) in [5.41, 5.74) is 9.17. The Kier molecular flexibility index (Phi) is 6.35. The van der Waals surface area contributed by atoms with Gasteiger partial charge in [0.25, 0.3) is 5.91 Å². The molecule has 34 heavy (non-hydrogen) atoms. The number of carboxylic acids is 1. The van der Waals surface area contributed by atoms with Gasteiger partial charge >= 0.3 is 5.97 Å². The van der Waals surface area contributed by atoms with Crippen LogP contribution in [0.3, 0.4) is 0 Å². The lowest BCUT2D eigenvalue weighted by molar-refractivity contribution is -0.135. The first kappa shape index (κ1) is 22.7. The number of benzene rings is 2. The molecule has 1 amide bonds. The van der Waals surface area contributed by atoms with Crippen LogP contribution in [0.25, 0.3) is 11.0 Å². The summed E-state index contributed by atoms with van der Waals surface area (Å²) in [5, 5.41) is 16.8.